The number of hydrogen-bond acceptors (Lipinski definition) is 5. The summed E-state index contributed by atoms with van der Waals surface area (Å²) in [6, 6.07) is 6.48. The Balaban J connectivity index is 1.63. The van der Waals surface area contributed by atoms with E-state index in [9.17, 15) is 13.2 Å². The maximum atomic E-state index is 12.2. The van der Waals surface area contributed by atoms with Crippen molar-refractivity contribution in [3.05, 3.63) is 24.3 Å². The van der Waals surface area contributed by atoms with E-state index in [0.29, 0.717) is 26.2 Å². The SMILES string of the molecule is NC1(C(=O)N2CCN(c3ccc(S(N)(=O)=O)cc3)CC2)CC1. The number of nitrogens with zero attached hydrogens (tertiary/aromatic N) is 2. The highest BCUT2D eigenvalue weighted by atomic mass is 32.2. The van der Waals surface area contributed by atoms with E-state index in [0.717, 1.165) is 18.5 Å². The number of primary sulfonamides is 1. The second kappa shape index (κ2) is 5.22. The molecule has 1 saturated carbocycles. The Hall–Kier alpha value is -1.64. The molecule has 2 aliphatic rings. The quantitative estimate of drug-likeness (QED) is 0.777. The zero-order valence-corrected chi connectivity index (χ0v) is 13.1. The molecule has 0 aromatic heterocycles. The first-order chi connectivity index (χ1) is 10.3. The lowest BCUT2D eigenvalue weighted by Crippen LogP contribution is -2.54. The van der Waals surface area contributed by atoms with Crippen molar-refractivity contribution < 1.29 is 13.2 Å². The average Bonchev–Trinajstić information content (AvgIpc) is 3.25. The summed E-state index contributed by atoms with van der Waals surface area (Å²) in [6.45, 7) is 2.68. The molecule has 1 heterocycles. The number of benzene rings is 1. The van der Waals surface area contributed by atoms with Crippen LogP contribution >= 0.6 is 0 Å². The molecular formula is C14H20N4O3S. The molecule has 1 aliphatic carbocycles. The van der Waals surface area contributed by atoms with Crippen molar-refractivity contribution >= 4 is 21.6 Å². The van der Waals surface area contributed by atoms with Crippen LogP contribution in [-0.2, 0) is 14.8 Å². The highest BCUT2D eigenvalue weighted by Gasteiger charge is 2.48. The lowest BCUT2D eigenvalue weighted by atomic mass is 10.2. The summed E-state index contributed by atoms with van der Waals surface area (Å²) >= 11 is 0. The van der Waals surface area contributed by atoms with Crippen molar-refractivity contribution in [1.29, 1.82) is 0 Å². The van der Waals surface area contributed by atoms with Gasteiger partial charge in [0.1, 0.15) is 0 Å². The van der Waals surface area contributed by atoms with E-state index in [2.05, 4.69) is 4.90 Å². The second-order valence-corrected chi connectivity index (χ2v) is 7.54. The van der Waals surface area contributed by atoms with Crippen LogP contribution in [0.15, 0.2) is 29.2 Å². The maximum Gasteiger partial charge on any atom is 0.242 e. The second-order valence-electron chi connectivity index (χ2n) is 5.97. The molecule has 1 aliphatic heterocycles. The van der Waals surface area contributed by atoms with Crippen LogP contribution < -0.4 is 15.8 Å². The van der Waals surface area contributed by atoms with Gasteiger partial charge < -0.3 is 15.5 Å². The fraction of sp³-hybridized carbons (Fsp3) is 0.500. The predicted molar refractivity (Wildman–Crippen MR) is 82.8 cm³/mol. The molecule has 2 fully saturated rings. The number of sulfonamides is 1. The van der Waals surface area contributed by atoms with Gasteiger partial charge in [-0.25, -0.2) is 13.6 Å². The van der Waals surface area contributed by atoms with E-state index in [1.807, 2.05) is 4.90 Å². The highest BCUT2D eigenvalue weighted by Crippen LogP contribution is 2.34. The van der Waals surface area contributed by atoms with Gasteiger partial charge in [-0.1, -0.05) is 0 Å². The topological polar surface area (TPSA) is 110 Å². The van der Waals surface area contributed by atoms with Crippen LogP contribution in [0.4, 0.5) is 5.69 Å². The first-order valence-electron chi connectivity index (χ1n) is 7.26. The number of carbonyl (C=O) groups is 1. The molecule has 8 heteroatoms. The largest absolute Gasteiger partial charge is 0.368 e. The van der Waals surface area contributed by atoms with Crippen molar-refractivity contribution in [3.63, 3.8) is 0 Å². The molecule has 120 valence electrons. The van der Waals surface area contributed by atoms with Gasteiger partial charge in [0.25, 0.3) is 0 Å². The number of hydrogen-bond donors (Lipinski definition) is 2. The third kappa shape index (κ3) is 2.94. The van der Waals surface area contributed by atoms with Gasteiger partial charge in [0.2, 0.25) is 15.9 Å². The Labute approximate surface area is 129 Å². The predicted octanol–water partition coefficient (Wildman–Crippen LogP) is -0.526. The number of rotatable bonds is 3. The Kier molecular flexibility index (Phi) is 3.62. The Bertz CT molecular complexity index is 675. The summed E-state index contributed by atoms with van der Waals surface area (Å²) in [5.74, 6) is 0.0525. The third-order valence-corrected chi connectivity index (χ3v) is 5.24. The number of piperazine rings is 1. The minimum absolute atomic E-state index is 0.0525. The maximum absolute atomic E-state index is 12.2. The van der Waals surface area contributed by atoms with Crippen molar-refractivity contribution in [2.45, 2.75) is 23.3 Å². The molecule has 0 radical (unpaired) electrons. The van der Waals surface area contributed by atoms with E-state index < -0.39 is 15.6 Å². The fourth-order valence-electron chi connectivity index (χ4n) is 2.68. The fourth-order valence-corrected chi connectivity index (χ4v) is 3.19. The molecule has 7 nitrogen and oxygen atoms in total. The summed E-state index contributed by atoms with van der Waals surface area (Å²) in [5.41, 5.74) is 6.26. The first-order valence-corrected chi connectivity index (χ1v) is 8.80. The van der Waals surface area contributed by atoms with Crippen LogP contribution in [0.3, 0.4) is 0 Å². The van der Waals surface area contributed by atoms with Crippen LogP contribution in [0.1, 0.15) is 12.8 Å². The van der Waals surface area contributed by atoms with Crippen LogP contribution in [0.2, 0.25) is 0 Å². The molecule has 0 bridgehead atoms. The monoisotopic (exact) mass is 324 g/mol. The van der Waals surface area contributed by atoms with E-state index in [1.165, 1.54) is 12.1 Å². The van der Waals surface area contributed by atoms with Crippen molar-refractivity contribution in [2.24, 2.45) is 10.9 Å². The van der Waals surface area contributed by atoms with Crippen LogP contribution in [0.25, 0.3) is 0 Å². The van der Waals surface area contributed by atoms with Gasteiger partial charge in [-0.3, -0.25) is 4.79 Å². The molecular weight excluding hydrogens is 304 g/mol. The van der Waals surface area contributed by atoms with Gasteiger partial charge in [0.15, 0.2) is 0 Å². The average molecular weight is 324 g/mol. The smallest absolute Gasteiger partial charge is 0.242 e. The first kappa shape index (κ1) is 15.3. The van der Waals surface area contributed by atoms with Crippen LogP contribution in [0, 0.1) is 0 Å². The molecule has 1 amide bonds. The van der Waals surface area contributed by atoms with E-state index >= 15 is 0 Å². The van der Waals surface area contributed by atoms with Gasteiger partial charge in [0.05, 0.1) is 10.4 Å². The Morgan fingerprint density at radius 2 is 1.59 bits per heavy atom. The number of anilines is 1. The standard InChI is InChI=1S/C14H20N4O3S/c15-14(5-6-14)13(19)18-9-7-17(8-10-18)11-1-3-12(4-2-11)22(16,20)21/h1-4H,5-10,15H2,(H2,16,20,21). The van der Waals surface area contributed by atoms with Crippen LogP contribution in [-0.4, -0.2) is 50.9 Å². The number of amides is 1. The minimum atomic E-state index is -3.67. The van der Waals surface area contributed by atoms with E-state index in [-0.39, 0.29) is 10.8 Å². The lowest BCUT2D eigenvalue weighted by molar-refractivity contribution is -0.133. The minimum Gasteiger partial charge on any atom is -0.368 e. The van der Waals surface area contributed by atoms with Gasteiger partial charge in [-0.2, -0.15) is 0 Å². The number of carbonyl (C=O) groups excluding carboxylic acids is 1. The molecule has 4 N–H and O–H groups in total. The molecule has 1 aromatic rings. The third-order valence-electron chi connectivity index (χ3n) is 4.31. The summed E-state index contributed by atoms with van der Waals surface area (Å²) in [6.07, 6.45) is 1.56. The van der Waals surface area contributed by atoms with Crippen molar-refractivity contribution in [3.8, 4) is 0 Å². The summed E-state index contributed by atoms with van der Waals surface area (Å²) in [5, 5.41) is 5.09. The molecule has 22 heavy (non-hydrogen) atoms. The number of nitrogens with two attached hydrogens (primary N) is 2. The summed E-state index contributed by atoms with van der Waals surface area (Å²) in [4.78, 5) is 16.2. The van der Waals surface area contributed by atoms with Crippen molar-refractivity contribution in [1.82, 2.24) is 4.90 Å². The van der Waals surface area contributed by atoms with E-state index in [1.54, 1.807) is 12.1 Å². The van der Waals surface area contributed by atoms with E-state index in [4.69, 9.17) is 10.9 Å². The highest BCUT2D eigenvalue weighted by molar-refractivity contribution is 7.89. The van der Waals surface area contributed by atoms with Crippen LogP contribution in [0.5, 0.6) is 0 Å². The zero-order chi connectivity index (χ0) is 16.0. The summed E-state index contributed by atoms with van der Waals surface area (Å²) < 4.78 is 22.5. The zero-order valence-electron chi connectivity index (χ0n) is 12.2. The lowest BCUT2D eigenvalue weighted by Gasteiger charge is -2.37. The van der Waals surface area contributed by atoms with Gasteiger partial charge in [0, 0.05) is 31.9 Å². The van der Waals surface area contributed by atoms with Crippen molar-refractivity contribution in [2.75, 3.05) is 31.1 Å². The van der Waals surface area contributed by atoms with Gasteiger partial charge in [-0.05, 0) is 37.1 Å². The molecule has 0 spiro atoms. The van der Waals surface area contributed by atoms with Gasteiger partial charge in [-0.15, -0.1) is 0 Å². The Morgan fingerprint density at radius 3 is 2.05 bits per heavy atom. The molecule has 0 atom stereocenters. The molecule has 1 saturated heterocycles. The molecule has 0 unspecified atom stereocenters. The molecule has 3 rings (SSSR count). The molecule has 1 aromatic carbocycles. The van der Waals surface area contributed by atoms with Gasteiger partial charge >= 0.3 is 0 Å². The Morgan fingerprint density at radius 1 is 1.05 bits per heavy atom. The normalized spacial score (nSPS) is 20.8. The summed E-state index contributed by atoms with van der Waals surface area (Å²) in [7, 11) is -3.67.